The summed E-state index contributed by atoms with van der Waals surface area (Å²) in [5.74, 6) is 1.93. The van der Waals surface area contributed by atoms with Crippen molar-refractivity contribution in [1.82, 2.24) is 5.32 Å². The van der Waals surface area contributed by atoms with Crippen LogP contribution < -0.4 is 24.8 Å². The Morgan fingerprint density at radius 1 is 0.852 bits per heavy atom. The number of carbonyl (C=O) groups excluding carboxylic acids is 1. The van der Waals surface area contributed by atoms with Gasteiger partial charge in [0.15, 0.2) is 11.5 Å². The highest BCUT2D eigenvalue weighted by Gasteiger charge is 2.13. The van der Waals surface area contributed by atoms with Gasteiger partial charge in [0, 0.05) is 18.3 Å². The number of methoxy groups -OCH3 is 3. The summed E-state index contributed by atoms with van der Waals surface area (Å²) < 4.78 is 16.0. The molecule has 0 atom stereocenters. The molecule has 0 aliphatic carbocycles. The van der Waals surface area contributed by atoms with Crippen molar-refractivity contribution in [3.05, 3.63) is 46.5 Å². The molecule has 0 radical (unpaired) electrons. The summed E-state index contributed by atoms with van der Waals surface area (Å²) in [6.45, 7) is 6.48. The number of ether oxygens (including phenoxy) is 3. The third-order valence-corrected chi connectivity index (χ3v) is 4.38. The van der Waals surface area contributed by atoms with Crippen molar-refractivity contribution in [2.45, 2.75) is 27.2 Å². The first-order valence-corrected chi connectivity index (χ1v) is 8.81. The lowest BCUT2D eigenvalue weighted by Gasteiger charge is -2.15. The average Bonchev–Trinajstić information content (AvgIpc) is 2.64. The zero-order valence-electron chi connectivity index (χ0n) is 16.9. The van der Waals surface area contributed by atoms with Crippen LogP contribution in [0.5, 0.6) is 17.2 Å². The highest BCUT2D eigenvalue weighted by molar-refractivity contribution is 5.91. The molecule has 0 saturated carbocycles. The first kappa shape index (κ1) is 20.4. The molecule has 0 aliphatic heterocycles. The van der Waals surface area contributed by atoms with Gasteiger partial charge in [-0.2, -0.15) is 0 Å². The summed E-state index contributed by atoms with van der Waals surface area (Å²) in [7, 11) is 4.78. The van der Waals surface area contributed by atoms with Crippen LogP contribution in [0.2, 0.25) is 0 Å². The standard InChI is InChI=1S/C21H28N2O4/c1-13-9-14(2)20(15(3)10-13)23-21(24)22-8-7-16-11-18(26-5)19(27-6)12-17(16)25-4/h9-12H,7-8H2,1-6H3,(H2,22,23,24). The van der Waals surface area contributed by atoms with E-state index in [1.165, 1.54) is 5.56 Å². The number of aryl methyl sites for hydroxylation is 3. The van der Waals surface area contributed by atoms with E-state index in [-0.39, 0.29) is 6.03 Å². The van der Waals surface area contributed by atoms with Gasteiger partial charge >= 0.3 is 6.03 Å². The molecule has 0 heterocycles. The highest BCUT2D eigenvalue weighted by atomic mass is 16.5. The van der Waals surface area contributed by atoms with Gasteiger partial charge in [0.05, 0.1) is 21.3 Å². The Hall–Kier alpha value is -2.89. The SMILES string of the molecule is COc1cc(OC)c(OC)cc1CCNC(=O)Nc1c(C)cc(C)cc1C. The van der Waals surface area contributed by atoms with Crippen LogP contribution in [0.3, 0.4) is 0 Å². The number of carbonyl (C=O) groups is 1. The van der Waals surface area contributed by atoms with Gasteiger partial charge in [-0.25, -0.2) is 4.79 Å². The minimum Gasteiger partial charge on any atom is -0.496 e. The van der Waals surface area contributed by atoms with E-state index in [2.05, 4.69) is 22.8 Å². The Labute approximate surface area is 160 Å². The molecule has 146 valence electrons. The number of urea groups is 1. The molecule has 2 aromatic carbocycles. The maximum absolute atomic E-state index is 12.3. The molecular weight excluding hydrogens is 344 g/mol. The number of amides is 2. The second kappa shape index (κ2) is 9.16. The molecule has 2 aromatic rings. The van der Waals surface area contributed by atoms with Crippen LogP contribution in [-0.2, 0) is 6.42 Å². The third-order valence-electron chi connectivity index (χ3n) is 4.38. The van der Waals surface area contributed by atoms with Crippen molar-refractivity contribution in [2.75, 3.05) is 33.2 Å². The monoisotopic (exact) mass is 372 g/mol. The molecule has 6 heteroatoms. The number of rotatable bonds is 7. The Morgan fingerprint density at radius 2 is 1.41 bits per heavy atom. The van der Waals surface area contributed by atoms with E-state index in [0.717, 1.165) is 22.4 Å². The normalized spacial score (nSPS) is 10.3. The van der Waals surface area contributed by atoms with Gasteiger partial charge in [0.25, 0.3) is 0 Å². The number of nitrogens with one attached hydrogen (secondary N) is 2. The molecule has 0 fully saturated rings. The van der Waals surface area contributed by atoms with E-state index in [9.17, 15) is 4.79 Å². The Kier molecular flexibility index (Phi) is 6.93. The molecule has 0 unspecified atom stereocenters. The lowest BCUT2D eigenvalue weighted by Crippen LogP contribution is -2.31. The lowest BCUT2D eigenvalue weighted by atomic mass is 10.1. The molecule has 27 heavy (non-hydrogen) atoms. The number of hydrogen-bond donors (Lipinski definition) is 2. The Bertz CT molecular complexity index is 795. The molecule has 2 amide bonds. The fraction of sp³-hybridized carbons (Fsp3) is 0.381. The van der Waals surface area contributed by atoms with Crippen LogP contribution in [0.4, 0.5) is 10.5 Å². The van der Waals surface area contributed by atoms with E-state index in [4.69, 9.17) is 14.2 Å². The van der Waals surface area contributed by atoms with Gasteiger partial charge < -0.3 is 24.8 Å². The molecule has 0 saturated heterocycles. The Morgan fingerprint density at radius 3 is 1.96 bits per heavy atom. The van der Waals surface area contributed by atoms with Crippen LogP contribution >= 0.6 is 0 Å². The molecule has 0 bridgehead atoms. The van der Waals surface area contributed by atoms with E-state index < -0.39 is 0 Å². The van der Waals surface area contributed by atoms with Crippen molar-refractivity contribution in [1.29, 1.82) is 0 Å². The van der Waals surface area contributed by atoms with Crippen molar-refractivity contribution in [3.63, 3.8) is 0 Å². The average molecular weight is 372 g/mol. The lowest BCUT2D eigenvalue weighted by molar-refractivity contribution is 0.252. The third kappa shape index (κ3) is 5.06. The van der Waals surface area contributed by atoms with Gasteiger partial charge in [-0.1, -0.05) is 17.7 Å². The van der Waals surface area contributed by atoms with Gasteiger partial charge in [-0.15, -0.1) is 0 Å². The summed E-state index contributed by atoms with van der Waals surface area (Å²) in [5, 5.41) is 5.82. The zero-order chi connectivity index (χ0) is 20.0. The van der Waals surface area contributed by atoms with Crippen molar-refractivity contribution < 1.29 is 19.0 Å². The maximum Gasteiger partial charge on any atom is 0.319 e. The first-order valence-electron chi connectivity index (χ1n) is 8.81. The van der Waals surface area contributed by atoms with Gasteiger partial charge in [-0.05, 0) is 49.9 Å². The van der Waals surface area contributed by atoms with E-state index in [1.54, 1.807) is 27.4 Å². The smallest absolute Gasteiger partial charge is 0.319 e. The minimum atomic E-state index is -0.232. The number of anilines is 1. The van der Waals surface area contributed by atoms with E-state index in [0.29, 0.717) is 30.2 Å². The van der Waals surface area contributed by atoms with Crippen LogP contribution in [0.15, 0.2) is 24.3 Å². The van der Waals surface area contributed by atoms with E-state index in [1.807, 2.05) is 26.8 Å². The second-order valence-electron chi connectivity index (χ2n) is 6.42. The summed E-state index contributed by atoms with van der Waals surface area (Å²) in [4.78, 5) is 12.3. The Balaban J connectivity index is 2.01. The molecular formula is C21H28N2O4. The molecule has 2 rings (SSSR count). The van der Waals surface area contributed by atoms with Crippen LogP contribution in [0, 0.1) is 20.8 Å². The summed E-state index contributed by atoms with van der Waals surface area (Å²) in [5.41, 5.74) is 5.05. The van der Waals surface area contributed by atoms with Crippen LogP contribution in [0.1, 0.15) is 22.3 Å². The predicted molar refractivity (Wildman–Crippen MR) is 107 cm³/mol. The summed E-state index contributed by atoms with van der Waals surface area (Å²) >= 11 is 0. The summed E-state index contributed by atoms with van der Waals surface area (Å²) in [6.07, 6.45) is 0.600. The largest absolute Gasteiger partial charge is 0.496 e. The fourth-order valence-corrected chi connectivity index (χ4v) is 3.13. The zero-order valence-corrected chi connectivity index (χ0v) is 16.9. The van der Waals surface area contributed by atoms with Crippen LogP contribution in [0.25, 0.3) is 0 Å². The van der Waals surface area contributed by atoms with Gasteiger partial charge in [0.1, 0.15) is 5.75 Å². The van der Waals surface area contributed by atoms with Crippen molar-refractivity contribution in [3.8, 4) is 17.2 Å². The predicted octanol–water partition coefficient (Wildman–Crippen LogP) is 4.00. The second-order valence-corrected chi connectivity index (χ2v) is 6.42. The number of benzene rings is 2. The van der Waals surface area contributed by atoms with Crippen molar-refractivity contribution in [2.24, 2.45) is 0 Å². The molecule has 6 nitrogen and oxygen atoms in total. The molecule has 0 spiro atoms. The topological polar surface area (TPSA) is 68.8 Å². The molecule has 0 aromatic heterocycles. The molecule has 2 N–H and O–H groups in total. The van der Waals surface area contributed by atoms with Crippen molar-refractivity contribution >= 4 is 11.7 Å². The quantitative estimate of drug-likeness (QED) is 0.771. The maximum atomic E-state index is 12.3. The molecule has 0 aliphatic rings. The fourth-order valence-electron chi connectivity index (χ4n) is 3.13. The highest BCUT2D eigenvalue weighted by Crippen LogP contribution is 2.34. The minimum absolute atomic E-state index is 0.232. The van der Waals surface area contributed by atoms with Gasteiger partial charge in [-0.3, -0.25) is 0 Å². The number of hydrogen-bond acceptors (Lipinski definition) is 4. The first-order chi connectivity index (χ1) is 12.9. The van der Waals surface area contributed by atoms with Gasteiger partial charge in [0.2, 0.25) is 0 Å². The van der Waals surface area contributed by atoms with Crippen LogP contribution in [-0.4, -0.2) is 33.9 Å². The van der Waals surface area contributed by atoms with E-state index >= 15 is 0 Å². The summed E-state index contributed by atoms with van der Waals surface area (Å²) in [6, 6.07) is 7.52.